The van der Waals surface area contributed by atoms with Gasteiger partial charge in [-0.3, -0.25) is 4.79 Å². The highest BCUT2D eigenvalue weighted by molar-refractivity contribution is 9.10. The fourth-order valence-corrected chi connectivity index (χ4v) is 2.10. The van der Waals surface area contributed by atoms with E-state index in [1.807, 2.05) is 44.2 Å². The zero-order valence-electron chi connectivity index (χ0n) is 13.3. The molecule has 0 saturated heterocycles. The highest BCUT2D eigenvalue weighted by Crippen LogP contribution is 2.25. The molecule has 6 heteroatoms. The molecule has 23 heavy (non-hydrogen) atoms. The van der Waals surface area contributed by atoms with Gasteiger partial charge in [-0.15, -0.1) is 0 Å². The molecule has 3 N–H and O–H groups in total. The Labute approximate surface area is 143 Å². The number of carbonyl (C=O) groups is 1. The molecule has 0 spiro atoms. The van der Waals surface area contributed by atoms with Gasteiger partial charge in [0.25, 0.3) is 0 Å². The van der Waals surface area contributed by atoms with Crippen LogP contribution in [0.3, 0.4) is 0 Å². The zero-order valence-corrected chi connectivity index (χ0v) is 14.9. The molecular weight excluding hydrogens is 358 g/mol. The molecular formula is C17H20BrN3O2. The Morgan fingerprint density at radius 2 is 1.91 bits per heavy atom. The Hall–Kier alpha value is -2.34. The van der Waals surface area contributed by atoms with Gasteiger partial charge in [-0.2, -0.15) is 0 Å². The molecule has 3 rings (SSSR count). The second kappa shape index (κ2) is 9.63. The molecule has 0 saturated carbocycles. The number of H-pyrrole nitrogens is 1. The Balaban J connectivity index is 0.000000209. The third-order valence-electron chi connectivity index (χ3n) is 2.75. The van der Waals surface area contributed by atoms with Crippen molar-refractivity contribution in [2.45, 2.75) is 13.8 Å². The third-order valence-corrected chi connectivity index (χ3v) is 3.24. The third kappa shape index (κ3) is 5.41. The molecule has 0 atom stereocenters. The van der Waals surface area contributed by atoms with Crippen molar-refractivity contribution in [1.82, 2.24) is 9.97 Å². The number of phenols is 1. The molecule has 0 aliphatic rings. The van der Waals surface area contributed by atoms with Gasteiger partial charge in [-0.05, 0) is 30.3 Å². The predicted octanol–water partition coefficient (Wildman–Crippen LogP) is 4.60. The van der Waals surface area contributed by atoms with Gasteiger partial charge < -0.3 is 15.4 Å². The number of nitrogens with zero attached hydrogens (tertiary/aromatic N) is 1. The number of aromatic hydroxyl groups is 1. The molecule has 5 nitrogen and oxygen atoms in total. The Morgan fingerprint density at radius 1 is 1.22 bits per heavy atom. The molecule has 1 aromatic heterocycles. The molecule has 0 radical (unpaired) electrons. The topological polar surface area (TPSA) is 78.0 Å². The Kier molecular flexibility index (Phi) is 7.83. The van der Waals surface area contributed by atoms with Crippen molar-refractivity contribution in [2.24, 2.45) is 0 Å². The van der Waals surface area contributed by atoms with Crippen molar-refractivity contribution in [1.29, 1.82) is 0 Å². The maximum Gasteiger partial charge on any atom is 0.185 e. The van der Waals surface area contributed by atoms with Crippen molar-refractivity contribution in [3.8, 4) is 5.75 Å². The van der Waals surface area contributed by atoms with Crippen molar-refractivity contribution in [3.05, 3.63) is 52.8 Å². The minimum Gasteiger partial charge on any atom is -0.506 e. The minimum atomic E-state index is 0.269. The molecule has 3 aromatic rings. The first-order valence-corrected chi connectivity index (χ1v) is 7.99. The molecule has 0 amide bonds. The molecule has 0 aliphatic heterocycles. The number of aromatic nitrogens is 2. The van der Waals surface area contributed by atoms with Crippen LogP contribution in [0.4, 0.5) is 5.69 Å². The van der Waals surface area contributed by atoms with Crippen molar-refractivity contribution < 1.29 is 9.90 Å². The number of rotatable bonds is 2. The molecule has 0 fully saturated rings. The van der Waals surface area contributed by atoms with Crippen LogP contribution in [0.15, 0.2) is 46.9 Å². The SMILES string of the molecule is CC.CNc1cc(Br)ccc1O.O=Cc1nc2ccccc2[nH]1. The minimum absolute atomic E-state index is 0.269. The smallest absolute Gasteiger partial charge is 0.185 e. The van der Waals surface area contributed by atoms with E-state index in [1.165, 1.54) is 0 Å². The highest BCUT2D eigenvalue weighted by atomic mass is 79.9. The zero-order chi connectivity index (χ0) is 17.2. The van der Waals surface area contributed by atoms with Crippen LogP contribution in [0.5, 0.6) is 5.75 Å². The fourth-order valence-electron chi connectivity index (χ4n) is 1.74. The average Bonchev–Trinajstić information content (AvgIpc) is 3.02. The first kappa shape index (κ1) is 18.7. The number of fused-ring (bicyclic) bond motifs is 1. The first-order chi connectivity index (χ1) is 11.1. The number of para-hydroxylation sites is 2. The standard InChI is InChI=1S/C8H6N2O.C7H8BrNO.C2H6/c11-5-8-9-6-3-1-2-4-7(6)10-8;1-9-6-4-5(8)2-3-7(6)10;1-2/h1-5H,(H,9,10);2-4,9-10H,1H3;1-2H3. The van der Waals surface area contributed by atoms with Crippen molar-refractivity contribution in [2.75, 3.05) is 12.4 Å². The lowest BCUT2D eigenvalue weighted by Gasteiger charge is -2.02. The predicted molar refractivity (Wildman–Crippen MR) is 98.2 cm³/mol. The van der Waals surface area contributed by atoms with Crippen LogP contribution in [0.25, 0.3) is 11.0 Å². The maximum absolute atomic E-state index is 10.3. The number of halogens is 1. The number of anilines is 1. The van der Waals surface area contributed by atoms with Gasteiger partial charge in [-0.25, -0.2) is 4.98 Å². The van der Waals surface area contributed by atoms with Gasteiger partial charge in [0.2, 0.25) is 0 Å². The lowest BCUT2D eigenvalue weighted by molar-refractivity contribution is 0.111. The van der Waals surface area contributed by atoms with Crippen LogP contribution < -0.4 is 5.32 Å². The number of carbonyl (C=O) groups excluding carboxylic acids is 1. The number of hydrogen-bond donors (Lipinski definition) is 3. The maximum atomic E-state index is 10.3. The lowest BCUT2D eigenvalue weighted by atomic mass is 10.3. The second-order valence-corrected chi connectivity index (χ2v) is 5.08. The second-order valence-electron chi connectivity index (χ2n) is 4.17. The van der Waals surface area contributed by atoms with Gasteiger partial charge in [0.1, 0.15) is 5.75 Å². The number of hydrogen-bond acceptors (Lipinski definition) is 4. The Bertz CT molecular complexity index is 723. The van der Waals surface area contributed by atoms with E-state index >= 15 is 0 Å². The van der Waals surface area contributed by atoms with E-state index in [4.69, 9.17) is 5.11 Å². The summed E-state index contributed by atoms with van der Waals surface area (Å²) in [6.45, 7) is 4.00. The lowest BCUT2D eigenvalue weighted by Crippen LogP contribution is -1.87. The summed E-state index contributed by atoms with van der Waals surface area (Å²) in [5, 5.41) is 12.0. The van der Waals surface area contributed by atoms with E-state index in [9.17, 15) is 4.79 Å². The van der Waals surface area contributed by atoms with Crippen LogP contribution in [0.1, 0.15) is 24.5 Å². The van der Waals surface area contributed by atoms with Gasteiger partial charge in [-0.1, -0.05) is 41.9 Å². The molecule has 0 aliphatic carbocycles. The number of nitrogens with one attached hydrogen (secondary N) is 2. The van der Waals surface area contributed by atoms with E-state index in [0.29, 0.717) is 12.1 Å². The highest BCUT2D eigenvalue weighted by Gasteiger charge is 1.98. The first-order valence-electron chi connectivity index (χ1n) is 7.20. The average molecular weight is 378 g/mol. The van der Waals surface area contributed by atoms with E-state index in [2.05, 4.69) is 31.2 Å². The Morgan fingerprint density at radius 3 is 2.48 bits per heavy atom. The van der Waals surface area contributed by atoms with E-state index < -0.39 is 0 Å². The molecule has 0 unspecified atom stereocenters. The summed E-state index contributed by atoms with van der Waals surface area (Å²) in [5.41, 5.74) is 2.46. The summed E-state index contributed by atoms with van der Waals surface area (Å²) >= 11 is 3.29. The van der Waals surface area contributed by atoms with Crippen LogP contribution in [0.2, 0.25) is 0 Å². The van der Waals surface area contributed by atoms with E-state index in [1.54, 1.807) is 19.2 Å². The number of imidazole rings is 1. The van der Waals surface area contributed by atoms with Crippen molar-refractivity contribution in [3.63, 3.8) is 0 Å². The summed E-state index contributed by atoms with van der Waals surface area (Å²) in [4.78, 5) is 17.2. The van der Waals surface area contributed by atoms with Crippen LogP contribution in [0, 0.1) is 0 Å². The van der Waals surface area contributed by atoms with Crippen LogP contribution >= 0.6 is 15.9 Å². The van der Waals surface area contributed by atoms with Gasteiger partial charge in [0, 0.05) is 11.5 Å². The van der Waals surface area contributed by atoms with Gasteiger partial charge in [0.05, 0.1) is 16.7 Å². The summed E-state index contributed by atoms with van der Waals surface area (Å²) in [7, 11) is 1.77. The van der Waals surface area contributed by atoms with Crippen molar-refractivity contribution >= 4 is 38.9 Å². The number of phenolic OH excluding ortho intramolecular Hbond substituents is 1. The summed E-state index contributed by atoms with van der Waals surface area (Å²) < 4.78 is 0.953. The molecule has 122 valence electrons. The fraction of sp³-hybridized carbons (Fsp3) is 0.176. The monoisotopic (exact) mass is 377 g/mol. The quantitative estimate of drug-likeness (QED) is 0.450. The van der Waals surface area contributed by atoms with Gasteiger partial charge in [0.15, 0.2) is 12.1 Å². The van der Waals surface area contributed by atoms with Gasteiger partial charge >= 0.3 is 0 Å². The summed E-state index contributed by atoms with van der Waals surface area (Å²) in [6, 6.07) is 12.8. The summed E-state index contributed by atoms with van der Waals surface area (Å²) in [6.07, 6.45) is 0.708. The van der Waals surface area contributed by atoms with E-state index in [0.717, 1.165) is 21.2 Å². The number of aromatic amines is 1. The number of aldehydes is 1. The largest absolute Gasteiger partial charge is 0.506 e. The van der Waals surface area contributed by atoms with Crippen LogP contribution in [-0.2, 0) is 0 Å². The normalized spacial score (nSPS) is 9.22. The van der Waals surface area contributed by atoms with Crippen LogP contribution in [-0.4, -0.2) is 28.4 Å². The molecule has 0 bridgehead atoms. The van der Waals surface area contributed by atoms with E-state index in [-0.39, 0.29) is 5.75 Å². The molecule has 1 heterocycles. The molecule has 2 aromatic carbocycles. The number of benzene rings is 2. The summed E-state index contributed by atoms with van der Waals surface area (Å²) in [5.74, 6) is 0.650.